The van der Waals surface area contributed by atoms with E-state index < -0.39 is 0 Å². The Bertz CT molecular complexity index is 358. The number of carbonyl (C=O) groups excluding carboxylic acids is 2. The first-order chi connectivity index (χ1) is 9.65. The molecule has 2 saturated heterocycles. The lowest BCUT2D eigenvalue weighted by Gasteiger charge is -2.33. The van der Waals surface area contributed by atoms with Gasteiger partial charge >= 0.3 is 0 Å². The molecule has 0 saturated carbocycles. The maximum Gasteiger partial charge on any atom is 0.246 e. The van der Waals surface area contributed by atoms with Gasteiger partial charge in [0, 0.05) is 24.8 Å². The molecule has 0 aromatic rings. The van der Waals surface area contributed by atoms with Crippen molar-refractivity contribution in [1.29, 1.82) is 0 Å². The summed E-state index contributed by atoms with van der Waals surface area (Å²) in [7, 11) is 0. The molecular weight excluding hydrogens is 276 g/mol. The second kappa shape index (κ2) is 7.31. The molecule has 2 unspecified atom stereocenters. The quantitative estimate of drug-likeness (QED) is 0.782. The van der Waals surface area contributed by atoms with Crippen molar-refractivity contribution < 1.29 is 14.3 Å². The van der Waals surface area contributed by atoms with E-state index in [0.717, 1.165) is 18.6 Å². The molecule has 5 nitrogen and oxygen atoms in total. The van der Waals surface area contributed by atoms with E-state index in [1.54, 1.807) is 16.7 Å². The summed E-state index contributed by atoms with van der Waals surface area (Å²) >= 11 is 1.67. The summed E-state index contributed by atoms with van der Waals surface area (Å²) in [6, 6.07) is -0.273. The molecule has 0 aliphatic carbocycles. The molecule has 114 valence electrons. The van der Waals surface area contributed by atoms with Crippen LogP contribution in [0.1, 0.15) is 26.7 Å². The van der Waals surface area contributed by atoms with E-state index in [4.69, 9.17) is 4.74 Å². The van der Waals surface area contributed by atoms with E-state index >= 15 is 0 Å². The molecule has 0 aromatic carbocycles. The van der Waals surface area contributed by atoms with Crippen LogP contribution in [0.3, 0.4) is 0 Å². The molecule has 2 heterocycles. The monoisotopic (exact) mass is 300 g/mol. The van der Waals surface area contributed by atoms with Crippen molar-refractivity contribution in [3.05, 3.63) is 0 Å². The number of hydrogen-bond donors (Lipinski definition) is 0. The van der Waals surface area contributed by atoms with E-state index in [-0.39, 0.29) is 23.8 Å². The van der Waals surface area contributed by atoms with Crippen molar-refractivity contribution in [2.75, 3.05) is 37.9 Å². The molecule has 2 aliphatic heterocycles. The SMILES string of the molecule is CCCC(C)C(=O)N1CSCC1C(=O)N1CCOCC1. The summed E-state index contributed by atoms with van der Waals surface area (Å²) in [6.07, 6.45) is 1.88. The highest BCUT2D eigenvalue weighted by Gasteiger charge is 2.38. The molecule has 2 fully saturated rings. The normalized spacial score (nSPS) is 24.8. The number of ether oxygens (including phenoxy) is 1. The Kier molecular flexibility index (Phi) is 5.72. The maximum absolute atomic E-state index is 12.6. The van der Waals surface area contributed by atoms with Crippen molar-refractivity contribution in [1.82, 2.24) is 9.80 Å². The van der Waals surface area contributed by atoms with Crippen LogP contribution in [0.2, 0.25) is 0 Å². The maximum atomic E-state index is 12.6. The second-order valence-corrected chi connectivity index (χ2v) is 6.45. The fraction of sp³-hybridized carbons (Fsp3) is 0.857. The Balaban J connectivity index is 1.99. The smallest absolute Gasteiger partial charge is 0.246 e. The van der Waals surface area contributed by atoms with Crippen molar-refractivity contribution in [3.63, 3.8) is 0 Å². The fourth-order valence-corrected chi connectivity index (χ4v) is 3.85. The standard InChI is InChI=1S/C14H24N2O3S/c1-3-4-11(2)13(17)16-10-20-9-12(16)14(18)15-5-7-19-8-6-15/h11-12H,3-10H2,1-2H3. The number of morpholine rings is 1. The molecular formula is C14H24N2O3S. The average Bonchev–Trinajstić information content (AvgIpc) is 2.96. The van der Waals surface area contributed by atoms with E-state index in [0.29, 0.717) is 32.2 Å². The Morgan fingerprint density at radius 3 is 2.70 bits per heavy atom. The first kappa shape index (κ1) is 15.6. The molecule has 6 heteroatoms. The van der Waals surface area contributed by atoms with Gasteiger partial charge in [0.15, 0.2) is 0 Å². The van der Waals surface area contributed by atoms with Crippen LogP contribution in [0, 0.1) is 5.92 Å². The first-order valence-electron chi connectivity index (χ1n) is 7.40. The Hall–Kier alpha value is -0.750. The van der Waals surface area contributed by atoms with Gasteiger partial charge in [0.2, 0.25) is 11.8 Å². The summed E-state index contributed by atoms with van der Waals surface area (Å²) in [4.78, 5) is 28.6. The molecule has 2 amide bonds. The van der Waals surface area contributed by atoms with E-state index in [1.165, 1.54) is 0 Å². The van der Waals surface area contributed by atoms with Gasteiger partial charge in [-0.3, -0.25) is 9.59 Å². The van der Waals surface area contributed by atoms with Crippen molar-refractivity contribution >= 4 is 23.6 Å². The molecule has 20 heavy (non-hydrogen) atoms. The van der Waals surface area contributed by atoms with E-state index in [1.807, 2.05) is 11.8 Å². The van der Waals surface area contributed by atoms with Crippen LogP contribution in [-0.4, -0.2) is 65.6 Å². The van der Waals surface area contributed by atoms with Gasteiger partial charge in [0.05, 0.1) is 19.1 Å². The lowest BCUT2D eigenvalue weighted by atomic mass is 10.0. The molecule has 2 atom stereocenters. The summed E-state index contributed by atoms with van der Waals surface area (Å²) in [5.41, 5.74) is 0. The third kappa shape index (κ3) is 3.47. The van der Waals surface area contributed by atoms with Gasteiger partial charge in [-0.05, 0) is 6.42 Å². The van der Waals surface area contributed by atoms with Crippen LogP contribution >= 0.6 is 11.8 Å². The number of hydrogen-bond acceptors (Lipinski definition) is 4. The van der Waals surface area contributed by atoms with Crippen LogP contribution in [-0.2, 0) is 14.3 Å². The zero-order valence-electron chi connectivity index (χ0n) is 12.3. The highest BCUT2D eigenvalue weighted by Crippen LogP contribution is 2.25. The minimum Gasteiger partial charge on any atom is -0.378 e. The number of thioether (sulfide) groups is 1. The molecule has 0 aromatic heterocycles. The van der Waals surface area contributed by atoms with E-state index in [9.17, 15) is 9.59 Å². The number of nitrogens with zero attached hydrogens (tertiary/aromatic N) is 2. The van der Waals surface area contributed by atoms with Gasteiger partial charge in [-0.2, -0.15) is 0 Å². The van der Waals surface area contributed by atoms with Crippen molar-refractivity contribution in [3.8, 4) is 0 Å². The van der Waals surface area contributed by atoms with Gasteiger partial charge in [-0.15, -0.1) is 11.8 Å². The Morgan fingerprint density at radius 1 is 1.35 bits per heavy atom. The highest BCUT2D eigenvalue weighted by atomic mass is 32.2. The fourth-order valence-electron chi connectivity index (χ4n) is 2.70. The van der Waals surface area contributed by atoms with Crippen LogP contribution in [0.25, 0.3) is 0 Å². The summed E-state index contributed by atoms with van der Waals surface area (Å²) in [5, 5.41) is 0. The van der Waals surface area contributed by atoms with Gasteiger partial charge in [-0.1, -0.05) is 20.3 Å². The molecule has 2 aliphatic rings. The largest absolute Gasteiger partial charge is 0.378 e. The lowest BCUT2D eigenvalue weighted by Crippen LogP contribution is -2.52. The van der Waals surface area contributed by atoms with Gasteiger partial charge < -0.3 is 14.5 Å². The summed E-state index contributed by atoms with van der Waals surface area (Å²) < 4.78 is 5.28. The summed E-state index contributed by atoms with van der Waals surface area (Å²) in [5.74, 6) is 1.60. The Morgan fingerprint density at radius 2 is 2.05 bits per heavy atom. The average molecular weight is 300 g/mol. The Labute approximate surface area is 125 Å². The summed E-state index contributed by atoms with van der Waals surface area (Å²) in [6.45, 7) is 6.54. The number of carbonyl (C=O) groups is 2. The predicted molar refractivity (Wildman–Crippen MR) is 79.4 cm³/mol. The van der Waals surface area contributed by atoms with Crippen LogP contribution in [0.4, 0.5) is 0 Å². The van der Waals surface area contributed by atoms with Crippen molar-refractivity contribution in [2.24, 2.45) is 5.92 Å². The molecule has 0 N–H and O–H groups in total. The zero-order chi connectivity index (χ0) is 14.5. The van der Waals surface area contributed by atoms with Gasteiger partial charge in [-0.25, -0.2) is 0 Å². The number of amides is 2. The zero-order valence-corrected chi connectivity index (χ0v) is 13.2. The third-order valence-electron chi connectivity index (χ3n) is 3.92. The van der Waals surface area contributed by atoms with Crippen LogP contribution < -0.4 is 0 Å². The molecule has 2 rings (SSSR count). The lowest BCUT2D eigenvalue weighted by molar-refractivity contribution is -0.147. The van der Waals surface area contributed by atoms with Gasteiger partial charge in [0.25, 0.3) is 0 Å². The minimum atomic E-state index is -0.273. The minimum absolute atomic E-state index is 0.0127. The highest BCUT2D eigenvalue weighted by molar-refractivity contribution is 7.99. The predicted octanol–water partition coefficient (Wildman–Crippen LogP) is 1.18. The molecule has 0 radical (unpaired) electrons. The van der Waals surface area contributed by atoms with Crippen LogP contribution in [0.5, 0.6) is 0 Å². The topological polar surface area (TPSA) is 49.9 Å². The second-order valence-electron chi connectivity index (χ2n) is 5.45. The molecule has 0 bridgehead atoms. The first-order valence-corrected chi connectivity index (χ1v) is 8.55. The number of rotatable bonds is 4. The molecule has 0 spiro atoms. The van der Waals surface area contributed by atoms with E-state index in [2.05, 4.69) is 6.92 Å². The third-order valence-corrected chi connectivity index (χ3v) is 4.93. The van der Waals surface area contributed by atoms with Gasteiger partial charge in [0.1, 0.15) is 6.04 Å². The van der Waals surface area contributed by atoms with Crippen LogP contribution in [0.15, 0.2) is 0 Å². The van der Waals surface area contributed by atoms with Crippen molar-refractivity contribution in [2.45, 2.75) is 32.7 Å².